The van der Waals surface area contributed by atoms with E-state index in [1.807, 2.05) is 24.3 Å². The lowest BCUT2D eigenvalue weighted by Gasteiger charge is -2.31. The van der Waals surface area contributed by atoms with Crippen LogP contribution in [0.1, 0.15) is 23.3 Å². The highest BCUT2D eigenvalue weighted by Crippen LogP contribution is 2.31. The molecule has 1 aliphatic heterocycles. The van der Waals surface area contributed by atoms with Gasteiger partial charge in [-0.15, -0.1) is 0 Å². The van der Waals surface area contributed by atoms with E-state index in [1.165, 1.54) is 5.56 Å². The van der Waals surface area contributed by atoms with Crippen LogP contribution in [-0.4, -0.2) is 13.2 Å². The fraction of sp³-hybridized carbons (Fsp3) is 0.250. The highest BCUT2D eigenvalue weighted by atomic mass is 79.9. The number of halogens is 2. The summed E-state index contributed by atoms with van der Waals surface area (Å²) in [7, 11) is 0. The first-order valence-electron chi connectivity index (χ1n) is 6.59. The third-order valence-corrected chi connectivity index (χ3v) is 4.35. The lowest BCUT2D eigenvalue weighted by Crippen LogP contribution is -2.36. The Balaban J connectivity index is 1.69. The summed E-state index contributed by atoms with van der Waals surface area (Å²) >= 11 is 9.70. The molecule has 0 amide bonds. The summed E-state index contributed by atoms with van der Waals surface area (Å²) in [6.07, 6.45) is 0.00978. The predicted molar refractivity (Wildman–Crippen MR) is 85.0 cm³/mol. The first-order chi connectivity index (χ1) is 9.74. The second-order valence-electron chi connectivity index (χ2n) is 4.86. The van der Waals surface area contributed by atoms with Crippen molar-refractivity contribution in [1.29, 1.82) is 0 Å². The number of hydrogen-bond donors (Lipinski definition) is 1. The van der Waals surface area contributed by atoms with Crippen LogP contribution in [0.4, 0.5) is 0 Å². The van der Waals surface area contributed by atoms with Gasteiger partial charge in [0.15, 0.2) is 0 Å². The molecule has 1 saturated heterocycles. The van der Waals surface area contributed by atoms with Gasteiger partial charge in [0.2, 0.25) is 0 Å². The molecule has 0 spiro atoms. The molecule has 0 bridgehead atoms. The molecule has 104 valence electrons. The lowest BCUT2D eigenvalue weighted by molar-refractivity contribution is 0.00243. The van der Waals surface area contributed by atoms with Crippen molar-refractivity contribution in [3.8, 4) is 0 Å². The van der Waals surface area contributed by atoms with Gasteiger partial charge in [-0.25, -0.2) is 0 Å². The van der Waals surface area contributed by atoms with Gasteiger partial charge in [0.05, 0.1) is 18.8 Å². The Kier molecular flexibility index (Phi) is 4.41. The average molecular weight is 353 g/mol. The molecule has 1 fully saturated rings. The van der Waals surface area contributed by atoms with Gasteiger partial charge in [0.25, 0.3) is 0 Å². The minimum Gasteiger partial charge on any atom is -0.370 e. The zero-order chi connectivity index (χ0) is 13.9. The van der Waals surface area contributed by atoms with Crippen molar-refractivity contribution in [3.05, 3.63) is 69.2 Å². The summed E-state index contributed by atoms with van der Waals surface area (Å²) in [6.45, 7) is 1.42. The first kappa shape index (κ1) is 14.1. The highest BCUT2D eigenvalue weighted by molar-refractivity contribution is 9.10. The van der Waals surface area contributed by atoms with Crippen molar-refractivity contribution in [3.63, 3.8) is 0 Å². The van der Waals surface area contributed by atoms with E-state index in [0.29, 0.717) is 6.61 Å². The number of ether oxygens (including phenoxy) is 1. The van der Waals surface area contributed by atoms with Crippen molar-refractivity contribution in [2.24, 2.45) is 0 Å². The van der Waals surface area contributed by atoms with Crippen molar-refractivity contribution < 1.29 is 4.74 Å². The van der Waals surface area contributed by atoms with Crippen LogP contribution < -0.4 is 5.32 Å². The number of benzene rings is 2. The Morgan fingerprint density at radius 2 is 1.95 bits per heavy atom. The van der Waals surface area contributed by atoms with Crippen molar-refractivity contribution in [1.82, 2.24) is 5.32 Å². The molecule has 0 saturated carbocycles. The van der Waals surface area contributed by atoms with Crippen molar-refractivity contribution in [2.75, 3.05) is 13.2 Å². The van der Waals surface area contributed by atoms with Crippen LogP contribution in [0.2, 0.25) is 5.02 Å². The maximum Gasteiger partial charge on any atom is 0.0964 e. The molecule has 0 aliphatic carbocycles. The van der Waals surface area contributed by atoms with Crippen molar-refractivity contribution >= 4 is 27.5 Å². The van der Waals surface area contributed by atoms with Crippen LogP contribution in [-0.2, 0) is 4.74 Å². The van der Waals surface area contributed by atoms with Crippen LogP contribution in [0.5, 0.6) is 0 Å². The average Bonchev–Trinajstić information content (AvgIpc) is 2.48. The monoisotopic (exact) mass is 351 g/mol. The fourth-order valence-electron chi connectivity index (χ4n) is 2.44. The largest absolute Gasteiger partial charge is 0.370 e. The molecule has 2 nitrogen and oxygen atoms in total. The van der Waals surface area contributed by atoms with Gasteiger partial charge in [0.1, 0.15) is 0 Å². The van der Waals surface area contributed by atoms with Crippen LogP contribution in [0.15, 0.2) is 53.0 Å². The summed E-state index contributed by atoms with van der Waals surface area (Å²) in [5.41, 5.74) is 2.29. The Hall–Kier alpha value is -0.870. The molecule has 2 atom stereocenters. The Morgan fingerprint density at radius 1 is 1.15 bits per heavy atom. The standard InChI is InChI=1S/C16H15BrClNO/c17-12-6-7-13(14(18)8-12)16-9-19-15(10-20-16)11-4-2-1-3-5-11/h1-8,15-16,19H,9-10H2. The summed E-state index contributed by atoms with van der Waals surface area (Å²) < 4.78 is 6.97. The van der Waals surface area contributed by atoms with Gasteiger partial charge in [-0.1, -0.05) is 63.9 Å². The summed E-state index contributed by atoms with van der Waals surface area (Å²) in [4.78, 5) is 0. The van der Waals surface area contributed by atoms with Gasteiger partial charge in [-0.2, -0.15) is 0 Å². The Labute approximate surface area is 132 Å². The van der Waals surface area contributed by atoms with E-state index in [1.54, 1.807) is 0 Å². The molecule has 0 aromatic heterocycles. The zero-order valence-electron chi connectivity index (χ0n) is 10.9. The molecule has 1 heterocycles. The smallest absolute Gasteiger partial charge is 0.0964 e. The van der Waals surface area contributed by atoms with E-state index in [0.717, 1.165) is 21.6 Å². The summed E-state index contributed by atoms with van der Waals surface area (Å²) in [5, 5.41) is 4.27. The van der Waals surface area contributed by atoms with Crippen molar-refractivity contribution in [2.45, 2.75) is 12.1 Å². The molecule has 2 aromatic carbocycles. The second-order valence-corrected chi connectivity index (χ2v) is 6.18. The molecule has 4 heteroatoms. The third-order valence-electron chi connectivity index (χ3n) is 3.53. The number of rotatable bonds is 2. The van der Waals surface area contributed by atoms with Crippen LogP contribution in [0.3, 0.4) is 0 Å². The minimum absolute atomic E-state index is 0.00978. The molecule has 1 N–H and O–H groups in total. The maximum atomic E-state index is 6.28. The van der Waals surface area contributed by atoms with E-state index in [4.69, 9.17) is 16.3 Å². The van der Waals surface area contributed by atoms with E-state index in [-0.39, 0.29) is 12.1 Å². The quantitative estimate of drug-likeness (QED) is 0.859. The molecular formula is C16H15BrClNO. The van der Waals surface area contributed by atoms with E-state index in [9.17, 15) is 0 Å². The zero-order valence-corrected chi connectivity index (χ0v) is 13.2. The molecule has 2 unspecified atom stereocenters. The number of morpholine rings is 1. The highest BCUT2D eigenvalue weighted by Gasteiger charge is 2.24. The summed E-state index contributed by atoms with van der Waals surface area (Å²) in [5.74, 6) is 0. The first-order valence-corrected chi connectivity index (χ1v) is 7.76. The SMILES string of the molecule is Clc1cc(Br)ccc1C1CNC(c2ccccc2)CO1. The number of nitrogens with one attached hydrogen (secondary N) is 1. The van der Waals surface area contributed by atoms with Gasteiger partial charge in [-0.05, 0) is 17.7 Å². The van der Waals surface area contributed by atoms with Crippen LogP contribution in [0, 0.1) is 0 Å². The van der Waals surface area contributed by atoms with E-state index in [2.05, 4.69) is 45.5 Å². The molecule has 20 heavy (non-hydrogen) atoms. The van der Waals surface area contributed by atoms with Gasteiger partial charge in [0, 0.05) is 21.6 Å². The predicted octanol–water partition coefficient (Wildman–Crippen LogP) is 4.50. The maximum absolute atomic E-state index is 6.28. The van der Waals surface area contributed by atoms with E-state index >= 15 is 0 Å². The van der Waals surface area contributed by atoms with E-state index < -0.39 is 0 Å². The molecule has 0 radical (unpaired) electrons. The fourth-order valence-corrected chi connectivity index (χ4v) is 3.24. The van der Waals surface area contributed by atoms with Gasteiger partial charge < -0.3 is 10.1 Å². The molecule has 3 rings (SSSR count). The Bertz CT molecular complexity index is 582. The molecule has 1 aliphatic rings. The second kappa shape index (κ2) is 6.27. The minimum atomic E-state index is 0.00978. The van der Waals surface area contributed by atoms with Crippen LogP contribution in [0.25, 0.3) is 0 Å². The number of hydrogen-bond acceptors (Lipinski definition) is 2. The normalized spacial score (nSPS) is 22.7. The molecule has 2 aromatic rings. The van der Waals surface area contributed by atoms with Crippen LogP contribution >= 0.6 is 27.5 Å². The summed E-state index contributed by atoms with van der Waals surface area (Å²) in [6, 6.07) is 16.5. The third kappa shape index (κ3) is 3.07. The Morgan fingerprint density at radius 3 is 2.60 bits per heavy atom. The molecular weight excluding hydrogens is 338 g/mol. The topological polar surface area (TPSA) is 21.3 Å². The van der Waals surface area contributed by atoms with Gasteiger partial charge >= 0.3 is 0 Å². The lowest BCUT2D eigenvalue weighted by atomic mass is 10.0. The van der Waals surface area contributed by atoms with Gasteiger partial charge in [-0.3, -0.25) is 0 Å².